The Bertz CT molecular complexity index is 792. The minimum atomic E-state index is -1.78. The van der Waals surface area contributed by atoms with Gasteiger partial charge in [0.1, 0.15) is 24.9 Å². The van der Waals surface area contributed by atoms with Gasteiger partial charge < -0.3 is 33.5 Å². The van der Waals surface area contributed by atoms with Crippen molar-refractivity contribution < 1.29 is 62.3 Å². The normalized spacial score (nSPS) is 24.5. The van der Waals surface area contributed by atoms with Crippen molar-refractivity contribution in [1.29, 1.82) is 0 Å². The molecule has 0 aromatic heterocycles. The number of carbonyl (C=O) groups excluding carboxylic acids is 6. The summed E-state index contributed by atoms with van der Waals surface area (Å²) in [6.45, 7) is 5.60. The van der Waals surface area contributed by atoms with Crippen molar-refractivity contribution >= 4 is 35.6 Å². The molecule has 35 heavy (non-hydrogen) atoms. The Morgan fingerprint density at radius 3 is 1.94 bits per heavy atom. The van der Waals surface area contributed by atoms with Gasteiger partial charge in [-0.05, 0) is 13.3 Å². The molecule has 13 heteroatoms. The molecule has 1 heterocycles. The molecule has 6 atom stereocenters. The molecule has 1 N–H and O–H groups in total. The van der Waals surface area contributed by atoms with Crippen molar-refractivity contribution in [3.05, 3.63) is 0 Å². The Morgan fingerprint density at radius 1 is 0.829 bits per heavy atom. The van der Waals surface area contributed by atoms with Crippen LogP contribution in [0, 0.1) is 0 Å². The standard InChI is InChI=1S/C22H32O13/c1-6-30-17(28)9-7-8-15(27)19(32-12(3)24)21-18(29)22(34-14(5)26)20(33-13(4)25)16(35-21)10-31-11(2)23/h16,18-22,29H,6-10H2,1-5H3/t16-,18+,19?,20-,21?,22-/m1/s1. The molecule has 2 unspecified atom stereocenters. The fourth-order valence-electron chi connectivity index (χ4n) is 3.48. The first kappa shape index (κ1) is 30.0. The summed E-state index contributed by atoms with van der Waals surface area (Å²) in [4.78, 5) is 70.9. The fourth-order valence-corrected chi connectivity index (χ4v) is 3.48. The molecule has 0 bridgehead atoms. The highest BCUT2D eigenvalue weighted by Crippen LogP contribution is 2.30. The summed E-state index contributed by atoms with van der Waals surface area (Å²) >= 11 is 0. The van der Waals surface area contributed by atoms with Crippen molar-refractivity contribution in [2.75, 3.05) is 13.2 Å². The van der Waals surface area contributed by atoms with Crippen molar-refractivity contribution in [2.45, 2.75) is 90.5 Å². The second-order valence-electron chi connectivity index (χ2n) is 7.74. The van der Waals surface area contributed by atoms with Gasteiger partial charge in [0.05, 0.1) is 6.61 Å². The topological polar surface area (TPSA) is 178 Å². The zero-order valence-electron chi connectivity index (χ0n) is 20.3. The molecule has 1 saturated heterocycles. The lowest BCUT2D eigenvalue weighted by molar-refractivity contribution is -0.261. The van der Waals surface area contributed by atoms with Gasteiger partial charge in [-0.15, -0.1) is 0 Å². The summed E-state index contributed by atoms with van der Waals surface area (Å²) in [7, 11) is 0. The smallest absolute Gasteiger partial charge is 0.305 e. The SMILES string of the molecule is CCOC(=O)CCCC(=O)C(OC(C)=O)C1O[C@H](COC(C)=O)[C@@H](OC(C)=O)[C@H](OC(C)=O)[C@H]1O. The van der Waals surface area contributed by atoms with Gasteiger partial charge >= 0.3 is 29.8 Å². The lowest BCUT2D eigenvalue weighted by Gasteiger charge is -2.44. The number of ether oxygens (including phenoxy) is 6. The van der Waals surface area contributed by atoms with Crippen LogP contribution in [0.3, 0.4) is 0 Å². The summed E-state index contributed by atoms with van der Waals surface area (Å²) < 4.78 is 30.9. The van der Waals surface area contributed by atoms with Crippen LogP contribution >= 0.6 is 0 Å². The maximum absolute atomic E-state index is 12.9. The minimum Gasteiger partial charge on any atom is -0.466 e. The number of aliphatic hydroxyl groups is 1. The zero-order chi connectivity index (χ0) is 26.7. The number of hydrogen-bond acceptors (Lipinski definition) is 13. The van der Waals surface area contributed by atoms with E-state index in [1.54, 1.807) is 6.92 Å². The first-order valence-corrected chi connectivity index (χ1v) is 11.0. The van der Waals surface area contributed by atoms with E-state index in [9.17, 15) is 33.9 Å². The first-order valence-electron chi connectivity index (χ1n) is 11.0. The van der Waals surface area contributed by atoms with Crippen molar-refractivity contribution in [3.8, 4) is 0 Å². The summed E-state index contributed by atoms with van der Waals surface area (Å²) in [5.74, 6) is -4.42. The van der Waals surface area contributed by atoms with Crippen molar-refractivity contribution in [1.82, 2.24) is 0 Å². The third kappa shape index (κ3) is 9.99. The largest absolute Gasteiger partial charge is 0.466 e. The predicted octanol–water partition coefficient (Wildman–Crippen LogP) is -0.225. The van der Waals surface area contributed by atoms with E-state index in [1.165, 1.54) is 0 Å². The summed E-state index contributed by atoms with van der Waals surface area (Å²) in [6, 6.07) is 0. The average Bonchev–Trinajstić information content (AvgIpc) is 2.73. The molecule has 0 aromatic rings. The Kier molecular flexibility index (Phi) is 12.3. The molecule has 1 fully saturated rings. The third-order valence-electron chi connectivity index (χ3n) is 4.77. The van der Waals surface area contributed by atoms with Crippen LogP contribution in [0.2, 0.25) is 0 Å². The van der Waals surface area contributed by atoms with E-state index in [4.69, 9.17) is 28.4 Å². The molecule has 1 rings (SSSR count). The van der Waals surface area contributed by atoms with E-state index in [1.807, 2.05) is 0 Å². The lowest BCUT2D eigenvalue weighted by atomic mass is 9.89. The predicted molar refractivity (Wildman–Crippen MR) is 113 cm³/mol. The van der Waals surface area contributed by atoms with Crippen LogP contribution in [-0.4, -0.2) is 90.6 Å². The Morgan fingerprint density at radius 2 is 1.43 bits per heavy atom. The molecular weight excluding hydrogens is 472 g/mol. The molecule has 198 valence electrons. The van der Waals surface area contributed by atoms with Gasteiger partial charge in [0, 0.05) is 40.5 Å². The first-order chi connectivity index (χ1) is 16.4. The number of aliphatic hydroxyl groups excluding tert-OH is 1. The molecule has 0 radical (unpaired) electrons. The van der Waals surface area contributed by atoms with Crippen molar-refractivity contribution in [3.63, 3.8) is 0 Å². The third-order valence-corrected chi connectivity index (χ3v) is 4.77. The highest BCUT2D eigenvalue weighted by molar-refractivity contribution is 5.86. The van der Waals surface area contributed by atoms with Crippen LogP contribution in [0.15, 0.2) is 0 Å². The molecule has 13 nitrogen and oxygen atoms in total. The molecule has 0 spiro atoms. The number of rotatable bonds is 12. The number of hydrogen-bond donors (Lipinski definition) is 1. The van der Waals surface area contributed by atoms with Gasteiger partial charge in [0.25, 0.3) is 0 Å². The van der Waals surface area contributed by atoms with Crippen LogP contribution in [0.5, 0.6) is 0 Å². The quantitative estimate of drug-likeness (QED) is 0.272. The summed E-state index contributed by atoms with van der Waals surface area (Å²) in [6.07, 6.45) is -9.49. The van der Waals surface area contributed by atoms with Gasteiger partial charge in [-0.25, -0.2) is 0 Å². The van der Waals surface area contributed by atoms with Gasteiger partial charge in [-0.2, -0.15) is 0 Å². The molecule has 0 amide bonds. The number of Topliss-reactive ketones (excluding diaryl/α,β-unsaturated/α-hetero) is 1. The minimum absolute atomic E-state index is 0.0680. The maximum atomic E-state index is 12.9. The average molecular weight is 504 g/mol. The van der Waals surface area contributed by atoms with E-state index in [-0.39, 0.29) is 25.9 Å². The second-order valence-corrected chi connectivity index (χ2v) is 7.74. The number of esters is 5. The van der Waals surface area contributed by atoms with Crippen molar-refractivity contribution in [2.24, 2.45) is 0 Å². The Balaban J connectivity index is 3.25. The second kappa shape index (κ2) is 14.4. The fraction of sp³-hybridized carbons (Fsp3) is 0.727. The summed E-state index contributed by atoms with van der Waals surface area (Å²) in [5.41, 5.74) is 0. The van der Waals surface area contributed by atoms with E-state index in [2.05, 4.69) is 0 Å². The van der Waals surface area contributed by atoms with Crippen LogP contribution in [0.1, 0.15) is 53.9 Å². The number of ketones is 1. The Hall–Kier alpha value is -3.06. The Labute approximate surface area is 202 Å². The van der Waals surface area contributed by atoms with Gasteiger partial charge in [-0.3, -0.25) is 28.8 Å². The van der Waals surface area contributed by atoms with E-state index in [0.29, 0.717) is 0 Å². The molecule has 1 aliphatic rings. The lowest BCUT2D eigenvalue weighted by Crippen LogP contribution is -2.65. The molecule has 0 saturated carbocycles. The van der Waals surface area contributed by atoms with Gasteiger partial charge in [0.15, 0.2) is 24.1 Å². The highest BCUT2D eigenvalue weighted by atomic mass is 16.6. The zero-order valence-corrected chi connectivity index (χ0v) is 20.3. The van der Waals surface area contributed by atoms with E-state index < -0.39 is 78.9 Å². The van der Waals surface area contributed by atoms with Crippen LogP contribution in [0.25, 0.3) is 0 Å². The molecular formula is C22H32O13. The van der Waals surface area contributed by atoms with E-state index in [0.717, 1.165) is 27.7 Å². The van der Waals surface area contributed by atoms with Gasteiger partial charge in [-0.1, -0.05) is 0 Å². The monoisotopic (exact) mass is 504 g/mol. The maximum Gasteiger partial charge on any atom is 0.305 e. The van der Waals surface area contributed by atoms with Crippen LogP contribution in [-0.2, 0) is 57.2 Å². The molecule has 0 aromatic carbocycles. The van der Waals surface area contributed by atoms with Crippen LogP contribution in [0.4, 0.5) is 0 Å². The van der Waals surface area contributed by atoms with Gasteiger partial charge in [0.2, 0.25) is 0 Å². The van der Waals surface area contributed by atoms with E-state index >= 15 is 0 Å². The highest BCUT2D eigenvalue weighted by Gasteiger charge is 2.53. The number of carbonyl (C=O) groups is 6. The molecule has 0 aliphatic carbocycles. The van der Waals surface area contributed by atoms with Crippen LogP contribution < -0.4 is 0 Å². The molecule has 1 aliphatic heterocycles. The summed E-state index contributed by atoms with van der Waals surface area (Å²) in [5, 5.41) is 11.0.